The van der Waals surface area contributed by atoms with Crippen LogP contribution in [0.3, 0.4) is 0 Å². The maximum absolute atomic E-state index is 11.6. The number of hydrogen-bond donors (Lipinski definition) is 0. The Morgan fingerprint density at radius 1 is 1.18 bits per heavy atom. The summed E-state index contributed by atoms with van der Waals surface area (Å²) in [4.78, 5) is 19.6. The van der Waals surface area contributed by atoms with E-state index in [1.54, 1.807) is 42.9 Å². The van der Waals surface area contributed by atoms with E-state index in [9.17, 15) is 4.79 Å². The molecule has 0 saturated heterocycles. The van der Waals surface area contributed by atoms with E-state index in [1.165, 1.54) is 0 Å². The summed E-state index contributed by atoms with van der Waals surface area (Å²) in [6, 6.07) is 8.92. The molecule has 0 spiro atoms. The minimum atomic E-state index is -0.311. The third-order valence-corrected chi connectivity index (χ3v) is 2.22. The Morgan fingerprint density at radius 3 is 2.71 bits per heavy atom. The molecule has 0 aliphatic carbocycles. The van der Waals surface area contributed by atoms with Crippen molar-refractivity contribution < 1.29 is 9.53 Å². The van der Waals surface area contributed by atoms with Gasteiger partial charge in [0.2, 0.25) is 0 Å². The third kappa shape index (κ3) is 3.38. The highest BCUT2D eigenvalue weighted by atomic mass is 16.5. The molecule has 0 N–H and O–H groups in total. The summed E-state index contributed by atoms with van der Waals surface area (Å²) in [6.07, 6.45) is 5.47. The van der Waals surface area contributed by atoms with Gasteiger partial charge >= 0.3 is 5.97 Å². The molecule has 1 heterocycles. The van der Waals surface area contributed by atoms with Crippen LogP contribution in [-0.2, 0) is 11.2 Å². The van der Waals surface area contributed by atoms with E-state index < -0.39 is 0 Å². The zero-order valence-electron chi connectivity index (χ0n) is 9.24. The highest BCUT2D eigenvalue weighted by Crippen LogP contribution is 2.01. The van der Waals surface area contributed by atoms with Gasteiger partial charge in [0.1, 0.15) is 0 Å². The zero-order valence-corrected chi connectivity index (χ0v) is 9.24. The van der Waals surface area contributed by atoms with Crippen LogP contribution < -0.4 is 0 Å². The van der Waals surface area contributed by atoms with Crippen molar-refractivity contribution in [2.75, 3.05) is 6.61 Å². The lowest BCUT2D eigenvalue weighted by molar-refractivity contribution is 0.0508. The van der Waals surface area contributed by atoms with Crippen molar-refractivity contribution in [3.8, 4) is 0 Å². The summed E-state index contributed by atoms with van der Waals surface area (Å²) >= 11 is 0. The van der Waals surface area contributed by atoms with Crippen LogP contribution in [0, 0.1) is 0 Å². The van der Waals surface area contributed by atoms with Crippen molar-refractivity contribution in [1.82, 2.24) is 9.97 Å². The minimum absolute atomic E-state index is 0.311. The van der Waals surface area contributed by atoms with E-state index in [0.29, 0.717) is 18.6 Å². The number of hydrogen-bond acceptors (Lipinski definition) is 4. The van der Waals surface area contributed by atoms with E-state index in [-0.39, 0.29) is 5.97 Å². The summed E-state index contributed by atoms with van der Waals surface area (Å²) in [7, 11) is 0. The lowest BCUT2D eigenvalue weighted by atomic mass is 10.2. The molecule has 0 saturated carbocycles. The van der Waals surface area contributed by atoms with Crippen LogP contribution in [-0.4, -0.2) is 22.5 Å². The topological polar surface area (TPSA) is 52.1 Å². The average molecular weight is 228 g/mol. The van der Waals surface area contributed by atoms with Crippen LogP contribution in [0.5, 0.6) is 0 Å². The Bertz CT molecular complexity index is 471. The predicted molar refractivity (Wildman–Crippen MR) is 62.5 cm³/mol. The fourth-order valence-corrected chi connectivity index (χ4v) is 1.36. The first kappa shape index (κ1) is 11.3. The van der Waals surface area contributed by atoms with Gasteiger partial charge in [0.15, 0.2) is 0 Å². The molecular formula is C13H12N2O2. The second-order valence-corrected chi connectivity index (χ2v) is 3.45. The van der Waals surface area contributed by atoms with Gasteiger partial charge in [-0.25, -0.2) is 4.79 Å². The molecule has 0 fully saturated rings. The van der Waals surface area contributed by atoms with E-state index in [0.717, 1.165) is 5.69 Å². The SMILES string of the molecule is O=C(OCCc1cnccn1)c1ccccc1. The van der Waals surface area contributed by atoms with Gasteiger partial charge in [0.05, 0.1) is 17.9 Å². The number of carbonyl (C=O) groups is 1. The number of ether oxygens (including phenoxy) is 1. The van der Waals surface area contributed by atoms with Gasteiger partial charge in [-0.3, -0.25) is 9.97 Å². The normalized spacial score (nSPS) is 9.88. The standard InChI is InChI=1S/C13H12N2O2/c16-13(11-4-2-1-3-5-11)17-9-6-12-10-14-7-8-15-12/h1-5,7-8,10H,6,9H2. The Labute approximate surface area is 99.3 Å². The number of aromatic nitrogens is 2. The Balaban J connectivity index is 1.82. The van der Waals surface area contributed by atoms with Crippen molar-refractivity contribution in [3.05, 3.63) is 60.2 Å². The second kappa shape index (κ2) is 5.75. The fourth-order valence-electron chi connectivity index (χ4n) is 1.36. The number of nitrogens with zero attached hydrogens (tertiary/aromatic N) is 2. The van der Waals surface area contributed by atoms with E-state index in [1.807, 2.05) is 6.07 Å². The van der Waals surface area contributed by atoms with Gasteiger partial charge in [-0.2, -0.15) is 0 Å². The first-order chi connectivity index (χ1) is 8.36. The van der Waals surface area contributed by atoms with Crippen LogP contribution in [0.15, 0.2) is 48.9 Å². The molecule has 2 aromatic rings. The largest absolute Gasteiger partial charge is 0.462 e. The summed E-state index contributed by atoms with van der Waals surface area (Å²) < 4.78 is 5.13. The van der Waals surface area contributed by atoms with Gasteiger partial charge in [0.25, 0.3) is 0 Å². The smallest absolute Gasteiger partial charge is 0.338 e. The number of esters is 1. The Hall–Kier alpha value is -2.23. The molecule has 0 atom stereocenters. The summed E-state index contributed by atoms with van der Waals surface area (Å²) in [5, 5.41) is 0. The molecule has 0 bridgehead atoms. The molecule has 86 valence electrons. The monoisotopic (exact) mass is 228 g/mol. The third-order valence-electron chi connectivity index (χ3n) is 2.22. The predicted octanol–water partition coefficient (Wildman–Crippen LogP) is 1.88. The summed E-state index contributed by atoms with van der Waals surface area (Å²) in [5.41, 5.74) is 1.38. The van der Waals surface area contributed by atoms with Crippen LogP contribution in [0.25, 0.3) is 0 Å². The maximum Gasteiger partial charge on any atom is 0.338 e. The lowest BCUT2D eigenvalue weighted by Gasteiger charge is -2.03. The highest BCUT2D eigenvalue weighted by Gasteiger charge is 2.05. The van der Waals surface area contributed by atoms with Crippen molar-refractivity contribution in [1.29, 1.82) is 0 Å². The molecule has 0 amide bonds. The van der Waals surface area contributed by atoms with E-state index in [2.05, 4.69) is 9.97 Å². The number of rotatable bonds is 4. The summed E-state index contributed by atoms with van der Waals surface area (Å²) in [5.74, 6) is -0.311. The molecule has 0 radical (unpaired) electrons. The van der Waals surface area contributed by atoms with E-state index >= 15 is 0 Å². The van der Waals surface area contributed by atoms with Crippen molar-refractivity contribution in [2.45, 2.75) is 6.42 Å². The first-order valence-electron chi connectivity index (χ1n) is 5.33. The molecule has 1 aromatic carbocycles. The average Bonchev–Trinajstić information content (AvgIpc) is 2.41. The highest BCUT2D eigenvalue weighted by molar-refractivity contribution is 5.89. The molecule has 1 aromatic heterocycles. The molecule has 0 unspecified atom stereocenters. The van der Waals surface area contributed by atoms with Crippen molar-refractivity contribution in [3.63, 3.8) is 0 Å². The number of carbonyl (C=O) groups excluding carboxylic acids is 1. The molecule has 0 aliphatic rings. The molecule has 4 heteroatoms. The van der Waals surface area contributed by atoms with Crippen LogP contribution in [0.4, 0.5) is 0 Å². The van der Waals surface area contributed by atoms with Crippen molar-refractivity contribution >= 4 is 5.97 Å². The van der Waals surface area contributed by atoms with Gasteiger partial charge in [-0.15, -0.1) is 0 Å². The Kier molecular flexibility index (Phi) is 3.81. The summed E-state index contributed by atoms with van der Waals surface area (Å²) in [6.45, 7) is 0.312. The van der Waals surface area contributed by atoms with Gasteiger partial charge in [0, 0.05) is 25.0 Å². The van der Waals surface area contributed by atoms with Crippen LogP contribution in [0.1, 0.15) is 16.1 Å². The van der Waals surface area contributed by atoms with E-state index in [4.69, 9.17) is 4.74 Å². The fraction of sp³-hybridized carbons (Fsp3) is 0.154. The quantitative estimate of drug-likeness (QED) is 0.750. The first-order valence-corrected chi connectivity index (χ1v) is 5.33. The van der Waals surface area contributed by atoms with Gasteiger partial charge in [-0.05, 0) is 12.1 Å². The number of benzene rings is 1. The van der Waals surface area contributed by atoms with Gasteiger partial charge in [-0.1, -0.05) is 18.2 Å². The second-order valence-electron chi connectivity index (χ2n) is 3.45. The molecule has 17 heavy (non-hydrogen) atoms. The van der Waals surface area contributed by atoms with Crippen LogP contribution >= 0.6 is 0 Å². The molecular weight excluding hydrogens is 216 g/mol. The molecule has 0 aliphatic heterocycles. The maximum atomic E-state index is 11.6. The zero-order chi connectivity index (χ0) is 11.9. The van der Waals surface area contributed by atoms with Gasteiger partial charge < -0.3 is 4.74 Å². The van der Waals surface area contributed by atoms with Crippen LogP contribution in [0.2, 0.25) is 0 Å². The minimum Gasteiger partial charge on any atom is -0.462 e. The van der Waals surface area contributed by atoms with Crippen molar-refractivity contribution in [2.24, 2.45) is 0 Å². The Morgan fingerprint density at radius 2 is 2.00 bits per heavy atom. The lowest BCUT2D eigenvalue weighted by Crippen LogP contribution is -2.08. The molecule has 4 nitrogen and oxygen atoms in total. The molecule has 2 rings (SSSR count).